The van der Waals surface area contributed by atoms with Crippen LogP contribution in [0.2, 0.25) is 0 Å². The molecule has 1 aromatic heterocycles. The van der Waals surface area contributed by atoms with Crippen molar-refractivity contribution in [1.82, 2.24) is 4.98 Å². The first-order valence-electron chi connectivity index (χ1n) is 6.91. The van der Waals surface area contributed by atoms with Gasteiger partial charge in [-0.25, -0.2) is 9.78 Å². The first-order chi connectivity index (χ1) is 10.3. The lowest BCUT2D eigenvalue weighted by molar-refractivity contribution is 0.0695. The summed E-state index contributed by atoms with van der Waals surface area (Å²) in [5.41, 5.74) is 2.19. The molecule has 0 spiro atoms. The number of hydrogen-bond donors (Lipinski definition) is 2. The average Bonchev–Trinajstić information content (AvgIpc) is 2.91. The van der Waals surface area contributed by atoms with Crippen molar-refractivity contribution < 1.29 is 14.7 Å². The number of benzene rings is 1. The van der Waals surface area contributed by atoms with Gasteiger partial charge in [-0.3, -0.25) is 4.79 Å². The molecule has 22 heavy (non-hydrogen) atoms. The van der Waals surface area contributed by atoms with Crippen molar-refractivity contribution in [2.45, 2.75) is 33.6 Å². The molecule has 0 fully saturated rings. The maximum absolute atomic E-state index is 12.3. The molecule has 6 heteroatoms. The van der Waals surface area contributed by atoms with Gasteiger partial charge in [-0.05, 0) is 31.0 Å². The number of thiazole rings is 1. The maximum Gasteiger partial charge on any atom is 0.336 e. The van der Waals surface area contributed by atoms with E-state index in [0.29, 0.717) is 16.1 Å². The Hall–Kier alpha value is -2.21. The number of amides is 1. The zero-order chi connectivity index (χ0) is 16.4. The van der Waals surface area contributed by atoms with Crippen LogP contribution in [-0.2, 0) is 0 Å². The third-order valence-corrected chi connectivity index (χ3v) is 4.59. The number of hydrogen-bond acceptors (Lipinski definition) is 4. The first kappa shape index (κ1) is 16.2. The Labute approximate surface area is 133 Å². The standard InChI is InChI=1S/C16H18N2O3S/c1-8(2)15-17-7-13(22-15)14(19)18-12-6-11(16(20)21)9(3)5-10(12)4/h5-8H,1-4H3,(H,18,19)(H,20,21). The van der Waals surface area contributed by atoms with Crippen molar-refractivity contribution in [3.8, 4) is 0 Å². The summed E-state index contributed by atoms with van der Waals surface area (Å²) in [5.74, 6) is -1.01. The molecule has 1 amide bonds. The molecule has 5 nitrogen and oxygen atoms in total. The third-order valence-electron chi connectivity index (χ3n) is 3.29. The molecule has 0 saturated heterocycles. The lowest BCUT2D eigenvalue weighted by atomic mass is 10.0. The number of nitrogens with one attached hydrogen (secondary N) is 1. The first-order valence-corrected chi connectivity index (χ1v) is 7.73. The SMILES string of the molecule is Cc1cc(C)c(C(=O)O)cc1NC(=O)c1cnc(C(C)C)s1. The van der Waals surface area contributed by atoms with Crippen LogP contribution in [0.3, 0.4) is 0 Å². The molecule has 0 aliphatic heterocycles. The highest BCUT2D eigenvalue weighted by atomic mass is 32.1. The highest BCUT2D eigenvalue weighted by Gasteiger charge is 2.16. The number of carbonyl (C=O) groups is 2. The van der Waals surface area contributed by atoms with E-state index in [-0.39, 0.29) is 17.4 Å². The van der Waals surface area contributed by atoms with Gasteiger partial charge >= 0.3 is 5.97 Å². The second-order valence-corrected chi connectivity index (χ2v) is 6.52. The monoisotopic (exact) mass is 318 g/mol. The smallest absolute Gasteiger partial charge is 0.336 e. The molecule has 0 radical (unpaired) electrons. The minimum atomic E-state index is -1.01. The summed E-state index contributed by atoms with van der Waals surface area (Å²) in [6, 6.07) is 3.25. The molecule has 0 bridgehead atoms. The average molecular weight is 318 g/mol. The van der Waals surface area contributed by atoms with E-state index in [1.807, 2.05) is 20.8 Å². The number of anilines is 1. The van der Waals surface area contributed by atoms with Gasteiger partial charge in [0, 0.05) is 11.6 Å². The van der Waals surface area contributed by atoms with E-state index < -0.39 is 5.97 Å². The van der Waals surface area contributed by atoms with Crippen LogP contribution in [0.25, 0.3) is 0 Å². The van der Waals surface area contributed by atoms with Crippen molar-refractivity contribution >= 4 is 28.9 Å². The minimum absolute atomic E-state index is 0.188. The van der Waals surface area contributed by atoms with E-state index >= 15 is 0 Å². The molecule has 0 saturated carbocycles. The Bertz CT molecular complexity index is 735. The molecular formula is C16H18N2O3S. The van der Waals surface area contributed by atoms with E-state index in [0.717, 1.165) is 10.6 Å². The number of aromatic nitrogens is 1. The Morgan fingerprint density at radius 3 is 2.45 bits per heavy atom. The Balaban J connectivity index is 2.27. The molecule has 0 atom stereocenters. The summed E-state index contributed by atoms with van der Waals surface area (Å²) in [4.78, 5) is 28.2. The van der Waals surface area contributed by atoms with Crippen LogP contribution >= 0.6 is 11.3 Å². The fraction of sp³-hybridized carbons (Fsp3) is 0.312. The topological polar surface area (TPSA) is 79.3 Å². The lowest BCUT2D eigenvalue weighted by Crippen LogP contribution is -2.12. The molecule has 2 N–H and O–H groups in total. The van der Waals surface area contributed by atoms with Crippen LogP contribution in [0.1, 0.15) is 55.9 Å². The highest BCUT2D eigenvalue weighted by molar-refractivity contribution is 7.13. The van der Waals surface area contributed by atoms with Gasteiger partial charge in [-0.2, -0.15) is 0 Å². The predicted molar refractivity (Wildman–Crippen MR) is 87.0 cm³/mol. The Morgan fingerprint density at radius 1 is 1.23 bits per heavy atom. The Kier molecular flexibility index (Phi) is 4.61. The van der Waals surface area contributed by atoms with Crippen molar-refractivity contribution in [3.05, 3.63) is 44.9 Å². The van der Waals surface area contributed by atoms with Crippen LogP contribution in [0, 0.1) is 13.8 Å². The summed E-state index contributed by atoms with van der Waals surface area (Å²) in [6.45, 7) is 7.61. The minimum Gasteiger partial charge on any atom is -0.478 e. The van der Waals surface area contributed by atoms with E-state index in [4.69, 9.17) is 0 Å². The van der Waals surface area contributed by atoms with E-state index in [9.17, 15) is 14.7 Å². The fourth-order valence-corrected chi connectivity index (χ4v) is 2.88. The van der Waals surface area contributed by atoms with Crippen LogP contribution in [0.4, 0.5) is 5.69 Å². The summed E-state index contributed by atoms with van der Waals surface area (Å²) in [6.07, 6.45) is 1.55. The molecule has 0 aliphatic rings. The number of nitrogens with zero attached hydrogens (tertiary/aromatic N) is 1. The van der Waals surface area contributed by atoms with Gasteiger partial charge in [0.2, 0.25) is 0 Å². The van der Waals surface area contributed by atoms with Gasteiger partial charge in [-0.1, -0.05) is 19.9 Å². The van der Waals surface area contributed by atoms with E-state index in [1.54, 1.807) is 19.2 Å². The zero-order valence-corrected chi connectivity index (χ0v) is 13.7. The molecule has 2 rings (SSSR count). The van der Waals surface area contributed by atoms with Gasteiger partial charge < -0.3 is 10.4 Å². The fourth-order valence-electron chi connectivity index (χ4n) is 2.06. The zero-order valence-electron chi connectivity index (χ0n) is 12.9. The van der Waals surface area contributed by atoms with Crippen LogP contribution in [-0.4, -0.2) is 22.0 Å². The van der Waals surface area contributed by atoms with Crippen molar-refractivity contribution in [2.75, 3.05) is 5.32 Å². The van der Waals surface area contributed by atoms with Crippen LogP contribution in [0.15, 0.2) is 18.3 Å². The molecule has 1 heterocycles. The second-order valence-electron chi connectivity index (χ2n) is 5.46. The highest BCUT2D eigenvalue weighted by Crippen LogP contribution is 2.24. The van der Waals surface area contributed by atoms with Gasteiger partial charge in [0.25, 0.3) is 5.91 Å². The predicted octanol–water partition coefficient (Wildman–Crippen LogP) is 3.83. The van der Waals surface area contributed by atoms with Gasteiger partial charge in [0.05, 0.1) is 16.8 Å². The number of carboxylic acids is 1. The van der Waals surface area contributed by atoms with Crippen molar-refractivity contribution in [1.29, 1.82) is 0 Å². The summed E-state index contributed by atoms with van der Waals surface area (Å²) >= 11 is 1.35. The van der Waals surface area contributed by atoms with Crippen LogP contribution < -0.4 is 5.32 Å². The molecule has 0 aliphatic carbocycles. The molecular weight excluding hydrogens is 300 g/mol. The maximum atomic E-state index is 12.3. The molecule has 0 unspecified atom stereocenters. The largest absolute Gasteiger partial charge is 0.478 e. The molecule has 116 valence electrons. The quantitative estimate of drug-likeness (QED) is 0.898. The number of rotatable bonds is 4. The summed E-state index contributed by atoms with van der Waals surface area (Å²) in [7, 11) is 0. The van der Waals surface area contributed by atoms with E-state index in [1.165, 1.54) is 17.4 Å². The van der Waals surface area contributed by atoms with Crippen molar-refractivity contribution in [3.63, 3.8) is 0 Å². The number of carbonyl (C=O) groups excluding carboxylic acids is 1. The lowest BCUT2D eigenvalue weighted by Gasteiger charge is -2.10. The summed E-state index contributed by atoms with van der Waals surface area (Å²) in [5, 5.41) is 12.8. The second kappa shape index (κ2) is 6.27. The Morgan fingerprint density at radius 2 is 1.91 bits per heavy atom. The van der Waals surface area contributed by atoms with E-state index in [2.05, 4.69) is 10.3 Å². The van der Waals surface area contributed by atoms with Crippen molar-refractivity contribution in [2.24, 2.45) is 0 Å². The van der Waals surface area contributed by atoms with Gasteiger partial charge in [0.15, 0.2) is 0 Å². The molecule has 2 aromatic rings. The van der Waals surface area contributed by atoms with Crippen LogP contribution in [0.5, 0.6) is 0 Å². The van der Waals surface area contributed by atoms with Gasteiger partial charge in [-0.15, -0.1) is 11.3 Å². The number of aryl methyl sites for hydroxylation is 2. The number of carboxylic acid groups (broad SMARTS) is 1. The third kappa shape index (κ3) is 3.33. The normalized spacial score (nSPS) is 10.8. The molecule has 1 aromatic carbocycles. The number of aromatic carboxylic acids is 1. The summed E-state index contributed by atoms with van der Waals surface area (Å²) < 4.78 is 0. The van der Waals surface area contributed by atoms with Gasteiger partial charge in [0.1, 0.15) is 4.88 Å².